The number of anilines is 1. The average molecular weight is 266 g/mol. The number of esters is 1. The number of carbonyl (C=O) groups excluding carboxylic acids is 2. The van der Waals surface area contributed by atoms with Crippen LogP contribution in [0.15, 0.2) is 18.2 Å². The molecule has 0 aliphatic rings. The number of nitrogen functional groups attached to an aromatic ring is 1. The second kappa shape index (κ2) is 7.25. The van der Waals surface area contributed by atoms with Crippen LogP contribution >= 0.6 is 0 Å². The zero-order chi connectivity index (χ0) is 14.3. The summed E-state index contributed by atoms with van der Waals surface area (Å²) in [5.74, 6) is -0.435. The van der Waals surface area contributed by atoms with Gasteiger partial charge < -0.3 is 20.5 Å². The van der Waals surface area contributed by atoms with Crippen LogP contribution in [0.2, 0.25) is 0 Å². The van der Waals surface area contributed by atoms with Crippen LogP contribution in [0, 0.1) is 0 Å². The maximum Gasteiger partial charge on any atom is 0.338 e. The molecule has 0 fully saturated rings. The van der Waals surface area contributed by atoms with Crippen molar-refractivity contribution in [2.24, 2.45) is 0 Å². The maximum atomic E-state index is 11.7. The minimum Gasteiger partial charge on any atom is -0.495 e. The molecule has 6 heteroatoms. The fraction of sp³-hybridized carbons (Fsp3) is 0.385. The molecule has 0 saturated carbocycles. The zero-order valence-electron chi connectivity index (χ0n) is 11.1. The number of carbonyl (C=O) groups is 2. The fourth-order valence-electron chi connectivity index (χ4n) is 1.39. The normalized spacial score (nSPS) is 9.79. The molecule has 0 aliphatic heterocycles. The Morgan fingerprint density at radius 3 is 2.68 bits per heavy atom. The standard InChI is InChI=1S/C13H18N2O4/c1-3-6-15-12(16)8-19-13(17)9-4-5-11(18-2)10(14)7-9/h4-5,7H,3,6,8,14H2,1-2H3,(H,15,16). The van der Waals surface area contributed by atoms with Crippen LogP contribution in [0.5, 0.6) is 5.75 Å². The van der Waals surface area contributed by atoms with E-state index in [0.717, 1.165) is 6.42 Å². The first-order chi connectivity index (χ1) is 9.08. The molecule has 0 heterocycles. The summed E-state index contributed by atoms with van der Waals surface area (Å²) in [6, 6.07) is 4.55. The van der Waals surface area contributed by atoms with Gasteiger partial charge in [-0.05, 0) is 24.6 Å². The highest BCUT2D eigenvalue weighted by molar-refractivity contribution is 5.92. The lowest BCUT2D eigenvalue weighted by Crippen LogP contribution is -2.29. The molecule has 0 radical (unpaired) electrons. The Bertz CT molecular complexity index is 460. The minimum atomic E-state index is -0.596. The first kappa shape index (κ1) is 14.8. The monoisotopic (exact) mass is 266 g/mol. The van der Waals surface area contributed by atoms with Gasteiger partial charge in [-0.3, -0.25) is 4.79 Å². The van der Waals surface area contributed by atoms with E-state index in [-0.39, 0.29) is 18.1 Å². The summed E-state index contributed by atoms with van der Waals surface area (Å²) in [6.07, 6.45) is 0.828. The first-order valence-corrected chi connectivity index (χ1v) is 5.95. The summed E-state index contributed by atoms with van der Waals surface area (Å²) in [5.41, 5.74) is 6.30. The van der Waals surface area contributed by atoms with Gasteiger partial charge in [0.1, 0.15) is 5.75 Å². The number of rotatable bonds is 6. The second-order valence-electron chi connectivity index (χ2n) is 3.88. The Labute approximate surface area is 111 Å². The quantitative estimate of drug-likeness (QED) is 0.591. The molecule has 3 N–H and O–H groups in total. The number of benzene rings is 1. The Balaban J connectivity index is 2.54. The SMILES string of the molecule is CCCNC(=O)COC(=O)c1ccc(OC)c(N)c1. The van der Waals surface area contributed by atoms with Crippen molar-refractivity contribution in [2.75, 3.05) is 26.0 Å². The summed E-state index contributed by atoms with van der Waals surface area (Å²) in [7, 11) is 1.49. The van der Waals surface area contributed by atoms with E-state index >= 15 is 0 Å². The van der Waals surface area contributed by atoms with Crippen molar-refractivity contribution in [1.29, 1.82) is 0 Å². The van der Waals surface area contributed by atoms with E-state index in [0.29, 0.717) is 18.0 Å². The molecular formula is C13H18N2O4. The van der Waals surface area contributed by atoms with Crippen molar-refractivity contribution in [2.45, 2.75) is 13.3 Å². The number of nitrogens with one attached hydrogen (secondary N) is 1. The molecule has 1 rings (SSSR count). The second-order valence-corrected chi connectivity index (χ2v) is 3.88. The summed E-state index contributed by atoms with van der Waals surface area (Å²) < 4.78 is 9.85. The van der Waals surface area contributed by atoms with E-state index < -0.39 is 5.97 Å². The van der Waals surface area contributed by atoms with Crippen molar-refractivity contribution in [1.82, 2.24) is 5.32 Å². The Morgan fingerprint density at radius 2 is 2.11 bits per heavy atom. The molecule has 1 aromatic rings. The molecule has 0 saturated heterocycles. The number of hydrogen-bond acceptors (Lipinski definition) is 5. The molecule has 19 heavy (non-hydrogen) atoms. The van der Waals surface area contributed by atoms with Gasteiger partial charge in [0, 0.05) is 6.54 Å². The largest absolute Gasteiger partial charge is 0.495 e. The molecule has 0 bridgehead atoms. The highest BCUT2D eigenvalue weighted by Gasteiger charge is 2.11. The third-order valence-electron chi connectivity index (χ3n) is 2.37. The van der Waals surface area contributed by atoms with Gasteiger partial charge >= 0.3 is 5.97 Å². The van der Waals surface area contributed by atoms with Crippen molar-refractivity contribution < 1.29 is 19.1 Å². The van der Waals surface area contributed by atoms with Crippen LogP contribution in [0.25, 0.3) is 0 Å². The molecule has 104 valence electrons. The lowest BCUT2D eigenvalue weighted by Gasteiger charge is -2.08. The van der Waals surface area contributed by atoms with Crippen LogP contribution < -0.4 is 15.8 Å². The molecular weight excluding hydrogens is 248 g/mol. The van der Waals surface area contributed by atoms with Gasteiger partial charge in [-0.15, -0.1) is 0 Å². The third kappa shape index (κ3) is 4.50. The molecule has 0 spiro atoms. The summed E-state index contributed by atoms with van der Waals surface area (Å²) in [5, 5.41) is 2.61. The van der Waals surface area contributed by atoms with Crippen LogP contribution in [-0.2, 0) is 9.53 Å². The molecule has 0 unspecified atom stereocenters. The van der Waals surface area contributed by atoms with Gasteiger partial charge in [-0.1, -0.05) is 6.92 Å². The molecule has 0 aromatic heterocycles. The Morgan fingerprint density at radius 1 is 1.37 bits per heavy atom. The number of amides is 1. The van der Waals surface area contributed by atoms with Crippen molar-refractivity contribution in [3.8, 4) is 5.75 Å². The Hall–Kier alpha value is -2.24. The predicted octanol–water partition coefficient (Wildman–Crippen LogP) is 0.960. The fourth-order valence-corrected chi connectivity index (χ4v) is 1.39. The number of ether oxygens (including phenoxy) is 2. The summed E-state index contributed by atoms with van der Waals surface area (Å²) in [6.45, 7) is 2.20. The third-order valence-corrected chi connectivity index (χ3v) is 2.37. The van der Waals surface area contributed by atoms with E-state index in [4.69, 9.17) is 15.2 Å². The van der Waals surface area contributed by atoms with Gasteiger partial charge in [0.2, 0.25) is 0 Å². The van der Waals surface area contributed by atoms with Crippen LogP contribution in [-0.4, -0.2) is 32.1 Å². The highest BCUT2D eigenvalue weighted by atomic mass is 16.5. The smallest absolute Gasteiger partial charge is 0.338 e. The minimum absolute atomic E-state index is 0.279. The predicted molar refractivity (Wildman–Crippen MR) is 71.0 cm³/mol. The number of nitrogens with two attached hydrogens (primary N) is 1. The molecule has 1 amide bonds. The van der Waals surface area contributed by atoms with Crippen LogP contribution in [0.4, 0.5) is 5.69 Å². The van der Waals surface area contributed by atoms with E-state index in [1.165, 1.54) is 19.2 Å². The molecule has 1 aromatic carbocycles. The van der Waals surface area contributed by atoms with Gasteiger partial charge in [0.15, 0.2) is 6.61 Å². The lowest BCUT2D eigenvalue weighted by molar-refractivity contribution is -0.124. The van der Waals surface area contributed by atoms with Crippen molar-refractivity contribution in [3.05, 3.63) is 23.8 Å². The summed E-state index contributed by atoms with van der Waals surface area (Å²) in [4.78, 5) is 22.9. The first-order valence-electron chi connectivity index (χ1n) is 5.95. The molecule has 0 atom stereocenters. The van der Waals surface area contributed by atoms with Crippen LogP contribution in [0.1, 0.15) is 23.7 Å². The number of hydrogen-bond donors (Lipinski definition) is 2. The topological polar surface area (TPSA) is 90.6 Å². The van der Waals surface area contributed by atoms with E-state index in [1.807, 2.05) is 6.92 Å². The van der Waals surface area contributed by atoms with Crippen molar-refractivity contribution in [3.63, 3.8) is 0 Å². The Kier molecular flexibility index (Phi) is 5.66. The van der Waals surface area contributed by atoms with E-state index in [9.17, 15) is 9.59 Å². The van der Waals surface area contributed by atoms with Gasteiger partial charge in [0.05, 0.1) is 18.4 Å². The van der Waals surface area contributed by atoms with E-state index in [2.05, 4.69) is 5.32 Å². The zero-order valence-corrected chi connectivity index (χ0v) is 11.1. The maximum absolute atomic E-state index is 11.7. The number of methoxy groups -OCH3 is 1. The summed E-state index contributed by atoms with van der Waals surface area (Å²) >= 11 is 0. The average Bonchev–Trinajstić information content (AvgIpc) is 2.42. The molecule has 0 aliphatic carbocycles. The van der Waals surface area contributed by atoms with Gasteiger partial charge in [-0.2, -0.15) is 0 Å². The van der Waals surface area contributed by atoms with Gasteiger partial charge in [-0.25, -0.2) is 4.79 Å². The van der Waals surface area contributed by atoms with Crippen molar-refractivity contribution >= 4 is 17.6 Å². The lowest BCUT2D eigenvalue weighted by atomic mass is 10.2. The molecule has 6 nitrogen and oxygen atoms in total. The van der Waals surface area contributed by atoms with Crippen LogP contribution in [0.3, 0.4) is 0 Å². The van der Waals surface area contributed by atoms with E-state index in [1.54, 1.807) is 6.07 Å². The highest BCUT2D eigenvalue weighted by Crippen LogP contribution is 2.22. The van der Waals surface area contributed by atoms with Gasteiger partial charge in [0.25, 0.3) is 5.91 Å².